The Morgan fingerprint density at radius 3 is 2.73 bits per heavy atom. The van der Waals surface area contributed by atoms with Crippen LogP contribution in [0.3, 0.4) is 0 Å². The molecule has 1 atom stereocenters. The molecule has 2 rings (SSSR count). The van der Waals surface area contributed by atoms with Crippen LogP contribution in [-0.4, -0.2) is 60.3 Å². The molecule has 26 heavy (non-hydrogen) atoms. The number of aliphatic imine (C=N–C) groups is 1. The van der Waals surface area contributed by atoms with Gasteiger partial charge in [-0.2, -0.15) is 0 Å². The van der Waals surface area contributed by atoms with E-state index in [9.17, 15) is 0 Å². The summed E-state index contributed by atoms with van der Waals surface area (Å²) in [5, 5.41) is 16.5. The number of aryl methyl sites for hydroxylation is 1. The van der Waals surface area contributed by atoms with Crippen molar-refractivity contribution in [1.82, 2.24) is 25.4 Å². The first-order valence-corrected chi connectivity index (χ1v) is 10.4. The van der Waals surface area contributed by atoms with Crippen molar-refractivity contribution >= 4 is 41.7 Å². The van der Waals surface area contributed by atoms with Crippen molar-refractivity contribution in [3.8, 4) is 0 Å². The Kier molecular flexibility index (Phi) is 11.5. The van der Waals surface area contributed by atoms with Crippen molar-refractivity contribution in [1.29, 1.82) is 0 Å². The van der Waals surface area contributed by atoms with Gasteiger partial charge < -0.3 is 19.9 Å². The van der Waals surface area contributed by atoms with E-state index in [-0.39, 0.29) is 30.0 Å². The number of rotatable bonds is 9. The molecule has 0 aromatic carbocycles. The Bertz CT molecular complexity index is 547. The summed E-state index contributed by atoms with van der Waals surface area (Å²) in [4.78, 5) is 4.26. The lowest BCUT2D eigenvalue weighted by Crippen LogP contribution is -2.44. The van der Waals surface area contributed by atoms with Gasteiger partial charge in [0.2, 0.25) is 0 Å². The van der Waals surface area contributed by atoms with Gasteiger partial charge in [-0.15, -0.1) is 34.2 Å². The summed E-state index contributed by atoms with van der Waals surface area (Å²) in [6, 6.07) is 0.815. The van der Waals surface area contributed by atoms with Crippen LogP contribution in [-0.2, 0) is 11.2 Å². The maximum Gasteiger partial charge on any atom is 0.191 e. The third kappa shape index (κ3) is 6.88. The summed E-state index contributed by atoms with van der Waals surface area (Å²) in [7, 11) is 3.49. The predicted molar refractivity (Wildman–Crippen MR) is 119 cm³/mol. The number of aromatic nitrogens is 3. The van der Waals surface area contributed by atoms with E-state index in [1.807, 2.05) is 0 Å². The normalized spacial score (nSPS) is 16.4. The van der Waals surface area contributed by atoms with Crippen molar-refractivity contribution < 1.29 is 4.74 Å². The Labute approximate surface area is 178 Å². The molecule has 1 aromatic heterocycles. The highest BCUT2D eigenvalue weighted by Crippen LogP contribution is 2.33. The molecule has 1 heterocycles. The van der Waals surface area contributed by atoms with E-state index in [1.54, 1.807) is 25.9 Å². The van der Waals surface area contributed by atoms with Gasteiger partial charge in [-0.05, 0) is 32.4 Å². The molecule has 2 N–H and O–H groups in total. The fourth-order valence-electron chi connectivity index (χ4n) is 3.32. The number of nitrogens with zero attached hydrogens (tertiary/aromatic N) is 4. The Morgan fingerprint density at radius 1 is 1.38 bits per heavy atom. The minimum atomic E-state index is 0. The van der Waals surface area contributed by atoms with E-state index in [1.165, 1.54) is 25.7 Å². The standard InChI is InChI=1S/C17H32N6OS.HI/c1-13(12-24-3)20-16(18-2)19-11-7-10-15-21-22-17(25-4)23(15)14-8-5-6-9-14;/h13-14H,5-12H2,1-4H3,(H2,18,19,20);1H. The number of nitrogens with one attached hydrogen (secondary N) is 2. The number of hydrogen-bond acceptors (Lipinski definition) is 5. The van der Waals surface area contributed by atoms with Gasteiger partial charge in [0.15, 0.2) is 11.1 Å². The highest BCUT2D eigenvalue weighted by Gasteiger charge is 2.23. The van der Waals surface area contributed by atoms with Crippen molar-refractivity contribution in [2.75, 3.05) is 33.6 Å². The lowest BCUT2D eigenvalue weighted by molar-refractivity contribution is 0.179. The fraction of sp³-hybridized carbons (Fsp3) is 0.824. The zero-order valence-corrected chi connectivity index (χ0v) is 19.5. The van der Waals surface area contributed by atoms with E-state index >= 15 is 0 Å². The van der Waals surface area contributed by atoms with Crippen LogP contribution in [0, 0.1) is 0 Å². The highest BCUT2D eigenvalue weighted by atomic mass is 127. The van der Waals surface area contributed by atoms with Gasteiger partial charge in [-0.25, -0.2) is 0 Å². The van der Waals surface area contributed by atoms with Crippen LogP contribution >= 0.6 is 35.7 Å². The number of thioether (sulfide) groups is 1. The molecule has 9 heteroatoms. The second-order valence-electron chi connectivity index (χ2n) is 6.51. The number of methoxy groups -OCH3 is 1. The number of halogens is 1. The molecule has 1 unspecified atom stereocenters. The molecule has 1 fully saturated rings. The second-order valence-corrected chi connectivity index (χ2v) is 7.29. The molecule has 0 spiro atoms. The van der Waals surface area contributed by atoms with Crippen LogP contribution in [0.25, 0.3) is 0 Å². The minimum Gasteiger partial charge on any atom is -0.383 e. The molecule has 0 saturated heterocycles. The third-order valence-corrected chi connectivity index (χ3v) is 5.14. The van der Waals surface area contributed by atoms with Gasteiger partial charge in [0, 0.05) is 39.2 Å². The van der Waals surface area contributed by atoms with Crippen molar-refractivity contribution in [2.24, 2.45) is 4.99 Å². The van der Waals surface area contributed by atoms with Gasteiger partial charge in [0.1, 0.15) is 5.82 Å². The quantitative estimate of drug-likeness (QED) is 0.180. The van der Waals surface area contributed by atoms with Crippen LogP contribution in [0.2, 0.25) is 0 Å². The zero-order chi connectivity index (χ0) is 18.1. The maximum absolute atomic E-state index is 5.14. The summed E-state index contributed by atoms with van der Waals surface area (Å²) >= 11 is 1.70. The van der Waals surface area contributed by atoms with Crippen molar-refractivity contribution in [3.05, 3.63) is 5.82 Å². The zero-order valence-electron chi connectivity index (χ0n) is 16.3. The van der Waals surface area contributed by atoms with E-state index < -0.39 is 0 Å². The molecular formula is C17H33IN6OS. The molecular weight excluding hydrogens is 463 g/mol. The van der Waals surface area contributed by atoms with Crippen LogP contribution in [0.15, 0.2) is 10.1 Å². The van der Waals surface area contributed by atoms with Gasteiger partial charge in [-0.3, -0.25) is 4.99 Å². The Balaban J connectivity index is 0.00000338. The molecule has 7 nitrogen and oxygen atoms in total. The molecule has 1 saturated carbocycles. The summed E-state index contributed by atoms with van der Waals surface area (Å²) in [6.45, 7) is 3.58. The molecule has 0 amide bonds. The molecule has 0 aliphatic heterocycles. The average Bonchev–Trinajstić information content (AvgIpc) is 3.26. The maximum atomic E-state index is 5.14. The molecule has 0 radical (unpaired) electrons. The summed E-state index contributed by atoms with van der Waals surface area (Å²) in [5.41, 5.74) is 0. The van der Waals surface area contributed by atoms with Gasteiger partial charge >= 0.3 is 0 Å². The SMILES string of the molecule is CN=C(NCCCc1nnc(SC)n1C1CCCC1)NC(C)COC.I. The first-order valence-electron chi connectivity index (χ1n) is 9.13. The first kappa shape index (κ1) is 23.5. The van der Waals surface area contributed by atoms with Gasteiger partial charge in [0.05, 0.1) is 6.61 Å². The molecule has 1 aliphatic carbocycles. The molecule has 1 aliphatic rings. The summed E-state index contributed by atoms with van der Waals surface area (Å²) in [5.74, 6) is 1.93. The molecule has 0 bridgehead atoms. The van der Waals surface area contributed by atoms with Crippen LogP contribution in [0.1, 0.15) is 50.9 Å². The summed E-state index contributed by atoms with van der Waals surface area (Å²) in [6.07, 6.45) is 9.16. The topological polar surface area (TPSA) is 76.4 Å². The minimum absolute atomic E-state index is 0. The largest absolute Gasteiger partial charge is 0.383 e. The average molecular weight is 496 g/mol. The Morgan fingerprint density at radius 2 is 2.12 bits per heavy atom. The number of ether oxygens (including phenoxy) is 1. The second kappa shape index (κ2) is 12.8. The first-order chi connectivity index (χ1) is 12.2. The highest BCUT2D eigenvalue weighted by molar-refractivity contribution is 14.0. The van der Waals surface area contributed by atoms with Crippen molar-refractivity contribution in [2.45, 2.75) is 62.7 Å². The van der Waals surface area contributed by atoms with E-state index in [2.05, 4.69) is 43.6 Å². The van der Waals surface area contributed by atoms with E-state index in [4.69, 9.17) is 4.74 Å². The third-order valence-electron chi connectivity index (χ3n) is 4.50. The lowest BCUT2D eigenvalue weighted by atomic mass is 10.2. The number of hydrogen-bond donors (Lipinski definition) is 2. The molecule has 150 valence electrons. The van der Waals surface area contributed by atoms with Crippen molar-refractivity contribution in [3.63, 3.8) is 0 Å². The van der Waals surface area contributed by atoms with Gasteiger partial charge in [-0.1, -0.05) is 24.6 Å². The number of guanidine groups is 1. The monoisotopic (exact) mass is 496 g/mol. The van der Waals surface area contributed by atoms with E-state index in [0.717, 1.165) is 36.3 Å². The van der Waals surface area contributed by atoms with Crippen LogP contribution < -0.4 is 10.6 Å². The lowest BCUT2D eigenvalue weighted by Gasteiger charge is -2.18. The van der Waals surface area contributed by atoms with Crippen LogP contribution in [0.4, 0.5) is 0 Å². The predicted octanol–water partition coefficient (Wildman–Crippen LogP) is 2.87. The molecule has 1 aromatic rings. The van der Waals surface area contributed by atoms with Crippen LogP contribution in [0.5, 0.6) is 0 Å². The summed E-state index contributed by atoms with van der Waals surface area (Å²) < 4.78 is 7.52. The van der Waals surface area contributed by atoms with Gasteiger partial charge in [0.25, 0.3) is 0 Å². The van der Waals surface area contributed by atoms with E-state index in [0.29, 0.717) is 12.6 Å². The fourth-order valence-corrected chi connectivity index (χ4v) is 3.89. The smallest absolute Gasteiger partial charge is 0.191 e. The Hall–Kier alpha value is -0.550.